The summed E-state index contributed by atoms with van der Waals surface area (Å²) in [7, 11) is 0. The molecule has 0 atom stereocenters. The molecule has 0 saturated heterocycles. The van der Waals surface area contributed by atoms with Crippen molar-refractivity contribution in [2.45, 2.75) is 38.1 Å². The standard InChI is InChI=1S/C14H15N3/c15-9-11-8-10-4-3-7-13(10)17-14(11)16-12-5-1-2-6-12/h1-2,8,12H,3-7H2,(H,16,17). The van der Waals surface area contributed by atoms with Gasteiger partial charge in [-0.2, -0.15) is 5.26 Å². The van der Waals surface area contributed by atoms with Crippen LogP contribution in [0.3, 0.4) is 0 Å². The highest BCUT2D eigenvalue weighted by Gasteiger charge is 2.18. The molecular weight excluding hydrogens is 210 g/mol. The molecule has 2 aliphatic rings. The molecule has 0 fully saturated rings. The van der Waals surface area contributed by atoms with Gasteiger partial charge in [-0.1, -0.05) is 12.2 Å². The third-order valence-corrected chi connectivity index (χ3v) is 3.52. The molecule has 0 amide bonds. The molecule has 0 saturated carbocycles. The summed E-state index contributed by atoms with van der Waals surface area (Å²) < 4.78 is 0. The van der Waals surface area contributed by atoms with Gasteiger partial charge in [-0.15, -0.1) is 0 Å². The highest BCUT2D eigenvalue weighted by atomic mass is 15.0. The van der Waals surface area contributed by atoms with E-state index in [1.807, 2.05) is 6.07 Å². The minimum absolute atomic E-state index is 0.411. The van der Waals surface area contributed by atoms with Crippen molar-refractivity contribution in [1.29, 1.82) is 5.26 Å². The zero-order valence-electron chi connectivity index (χ0n) is 9.74. The van der Waals surface area contributed by atoms with Gasteiger partial charge in [0.2, 0.25) is 0 Å². The average molecular weight is 225 g/mol. The van der Waals surface area contributed by atoms with Crippen molar-refractivity contribution in [1.82, 2.24) is 4.98 Å². The van der Waals surface area contributed by atoms with Crippen LogP contribution in [0.1, 0.15) is 36.1 Å². The highest BCUT2D eigenvalue weighted by molar-refractivity contribution is 5.55. The van der Waals surface area contributed by atoms with Gasteiger partial charge in [-0.25, -0.2) is 4.98 Å². The molecule has 3 rings (SSSR count). The molecule has 0 spiro atoms. The molecule has 1 aromatic rings. The molecular formula is C14H15N3. The molecule has 17 heavy (non-hydrogen) atoms. The van der Waals surface area contributed by atoms with E-state index in [4.69, 9.17) is 0 Å². The van der Waals surface area contributed by atoms with Gasteiger partial charge in [0.1, 0.15) is 11.9 Å². The number of pyridine rings is 1. The number of anilines is 1. The van der Waals surface area contributed by atoms with Crippen LogP contribution in [0, 0.1) is 11.3 Å². The fourth-order valence-corrected chi connectivity index (χ4v) is 2.60. The topological polar surface area (TPSA) is 48.7 Å². The molecule has 3 nitrogen and oxygen atoms in total. The van der Waals surface area contributed by atoms with E-state index in [0.29, 0.717) is 11.6 Å². The van der Waals surface area contributed by atoms with E-state index in [0.717, 1.165) is 31.5 Å². The Labute approximate surface area is 101 Å². The summed E-state index contributed by atoms with van der Waals surface area (Å²) in [5.41, 5.74) is 3.13. The molecule has 2 aliphatic carbocycles. The zero-order chi connectivity index (χ0) is 11.7. The summed E-state index contributed by atoms with van der Waals surface area (Å²) in [6, 6.07) is 4.68. The maximum Gasteiger partial charge on any atom is 0.144 e. The van der Waals surface area contributed by atoms with E-state index in [1.54, 1.807) is 0 Å². The van der Waals surface area contributed by atoms with Gasteiger partial charge < -0.3 is 5.32 Å². The van der Waals surface area contributed by atoms with E-state index >= 15 is 0 Å². The van der Waals surface area contributed by atoms with E-state index in [1.165, 1.54) is 17.7 Å². The monoisotopic (exact) mass is 225 g/mol. The van der Waals surface area contributed by atoms with Gasteiger partial charge in [-0.3, -0.25) is 0 Å². The largest absolute Gasteiger partial charge is 0.366 e. The molecule has 1 aromatic heterocycles. The smallest absolute Gasteiger partial charge is 0.144 e. The first-order chi connectivity index (χ1) is 8.36. The Balaban J connectivity index is 1.90. The van der Waals surface area contributed by atoms with Gasteiger partial charge in [0.15, 0.2) is 0 Å². The maximum atomic E-state index is 9.18. The maximum absolute atomic E-state index is 9.18. The molecule has 0 aliphatic heterocycles. The van der Waals surface area contributed by atoms with Crippen molar-refractivity contribution < 1.29 is 0 Å². The number of hydrogen-bond donors (Lipinski definition) is 1. The fourth-order valence-electron chi connectivity index (χ4n) is 2.60. The molecule has 3 heteroatoms. The Hall–Kier alpha value is -1.82. The van der Waals surface area contributed by atoms with Crippen molar-refractivity contribution in [2.75, 3.05) is 5.32 Å². The van der Waals surface area contributed by atoms with Crippen LogP contribution in [0.5, 0.6) is 0 Å². The average Bonchev–Trinajstić information content (AvgIpc) is 2.98. The van der Waals surface area contributed by atoms with Crippen LogP contribution in [0.25, 0.3) is 0 Å². The van der Waals surface area contributed by atoms with E-state index in [2.05, 4.69) is 28.5 Å². The van der Waals surface area contributed by atoms with Crippen molar-refractivity contribution in [3.8, 4) is 6.07 Å². The van der Waals surface area contributed by atoms with Gasteiger partial charge >= 0.3 is 0 Å². The lowest BCUT2D eigenvalue weighted by Crippen LogP contribution is -2.17. The lowest BCUT2D eigenvalue weighted by molar-refractivity contribution is 0.778. The quantitative estimate of drug-likeness (QED) is 0.787. The first kappa shape index (κ1) is 10.3. The summed E-state index contributed by atoms with van der Waals surface area (Å²) in [5.74, 6) is 0.779. The molecule has 0 aromatic carbocycles. The fraction of sp³-hybridized carbons (Fsp3) is 0.429. The Morgan fingerprint density at radius 1 is 1.29 bits per heavy atom. The highest BCUT2D eigenvalue weighted by Crippen LogP contribution is 2.26. The zero-order valence-corrected chi connectivity index (χ0v) is 9.74. The Bertz CT molecular complexity index is 503. The SMILES string of the molecule is N#Cc1cc2c(nc1NC1CC=CC1)CCC2. The molecule has 0 unspecified atom stereocenters. The Morgan fingerprint density at radius 3 is 2.88 bits per heavy atom. The number of fused-ring (bicyclic) bond motifs is 1. The third-order valence-electron chi connectivity index (χ3n) is 3.52. The predicted octanol–water partition coefficient (Wildman–Crippen LogP) is 2.57. The first-order valence-corrected chi connectivity index (χ1v) is 6.21. The Kier molecular flexibility index (Phi) is 2.56. The van der Waals surface area contributed by atoms with Crippen LogP contribution in [0.15, 0.2) is 18.2 Å². The first-order valence-electron chi connectivity index (χ1n) is 6.21. The van der Waals surface area contributed by atoms with E-state index in [-0.39, 0.29) is 0 Å². The second-order valence-electron chi connectivity index (χ2n) is 4.74. The van der Waals surface area contributed by atoms with Crippen LogP contribution < -0.4 is 5.32 Å². The molecule has 0 bridgehead atoms. The molecule has 0 radical (unpaired) electrons. The number of nitriles is 1. The summed E-state index contributed by atoms with van der Waals surface area (Å²) in [6.45, 7) is 0. The third kappa shape index (κ3) is 1.91. The normalized spacial score (nSPS) is 18.1. The number of nitrogens with one attached hydrogen (secondary N) is 1. The molecule has 86 valence electrons. The van der Waals surface area contributed by atoms with E-state index in [9.17, 15) is 5.26 Å². The number of nitrogens with zero attached hydrogens (tertiary/aromatic N) is 2. The number of aryl methyl sites for hydroxylation is 2. The van der Waals surface area contributed by atoms with Crippen LogP contribution >= 0.6 is 0 Å². The van der Waals surface area contributed by atoms with Gasteiger partial charge in [0, 0.05) is 11.7 Å². The second kappa shape index (κ2) is 4.21. The van der Waals surface area contributed by atoms with E-state index < -0.39 is 0 Å². The molecule has 1 heterocycles. The second-order valence-corrected chi connectivity index (χ2v) is 4.74. The number of aromatic nitrogens is 1. The number of hydrogen-bond acceptors (Lipinski definition) is 3. The van der Waals surface area contributed by atoms with Crippen LogP contribution in [0.4, 0.5) is 5.82 Å². The summed E-state index contributed by atoms with van der Waals surface area (Å²) in [5, 5.41) is 12.6. The Morgan fingerprint density at radius 2 is 2.12 bits per heavy atom. The lowest BCUT2D eigenvalue weighted by Gasteiger charge is -2.15. The molecule has 1 N–H and O–H groups in total. The van der Waals surface area contributed by atoms with Crippen LogP contribution in [0.2, 0.25) is 0 Å². The predicted molar refractivity (Wildman–Crippen MR) is 66.8 cm³/mol. The minimum atomic E-state index is 0.411. The van der Waals surface area contributed by atoms with Crippen molar-refractivity contribution in [2.24, 2.45) is 0 Å². The van der Waals surface area contributed by atoms with Gasteiger partial charge in [0.25, 0.3) is 0 Å². The van der Waals surface area contributed by atoms with Crippen molar-refractivity contribution in [3.63, 3.8) is 0 Å². The summed E-state index contributed by atoms with van der Waals surface area (Å²) in [6.07, 6.45) is 9.71. The van der Waals surface area contributed by atoms with Crippen LogP contribution in [-0.2, 0) is 12.8 Å². The summed E-state index contributed by atoms with van der Waals surface area (Å²) in [4.78, 5) is 4.63. The lowest BCUT2D eigenvalue weighted by atomic mass is 10.1. The minimum Gasteiger partial charge on any atom is -0.366 e. The van der Waals surface area contributed by atoms with Gasteiger partial charge in [-0.05, 0) is 43.7 Å². The van der Waals surface area contributed by atoms with Crippen LogP contribution in [-0.4, -0.2) is 11.0 Å². The summed E-state index contributed by atoms with van der Waals surface area (Å²) >= 11 is 0. The number of rotatable bonds is 2. The van der Waals surface area contributed by atoms with Gasteiger partial charge in [0.05, 0.1) is 5.56 Å². The van der Waals surface area contributed by atoms with Crippen molar-refractivity contribution in [3.05, 3.63) is 35.0 Å². The van der Waals surface area contributed by atoms with Crippen molar-refractivity contribution >= 4 is 5.82 Å².